The SMILES string of the molecule is C[N+](C)(C)CCCCCC[N+](C)(C)CC(O)COCCC[Si](C)(C)O[Si](C)(C)CCCOCC(O)C[N+](C)(C)CCCCCC[N+](C)(C)CC(O)COCCC[Si](C)(C)O[Si](C)(C)CCCOCC(O)C[N+](C)(C)C. The lowest BCUT2D eigenvalue weighted by atomic mass is 10.1. The summed E-state index contributed by atoms with van der Waals surface area (Å²) in [6, 6.07) is 4.19. The van der Waals surface area contributed by atoms with Gasteiger partial charge in [0.05, 0.1) is 137 Å². The van der Waals surface area contributed by atoms with Crippen molar-refractivity contribution in [2.45, 2.75) is 178 Å². The summed E-state index contributed by atoms with van der Waals surface area (Å²) in [6.07, 6.45) is 11.6. The second-order valence-corrected chi connectivity index (χ2v) is 47.1. The van der Waals surface area contributed by atoms with E-state index in [0.717, 1.165) is 124 Å². The summed E-state index contributed by atoms with van der Waals surface area (Å²) in [5, 5.41) is 42.6. The van der Waals surface area contributed by atoms with Gasteiger partial charge in [0.25, 0.3) is 0 Å². The van der Waals surface area contributed by atoms with Crippen LogP contribution in [0.4, 0.5) is 0 Å². The molecule has 0 aromatic rings. The van der Waals surface area contributed by atoms with Crippen molar-refractivity contribution in [1.82, 2.24) is 0 Å². The molecule has 0 fully saturated rings. The van der Waals surface area contributed by atoms with Crippen LogP contribution in [0.1, 0.15) is 77.0 Å². The van der Waals surface area contributed by atoms with E-state index in [4.69, 9.17) is 27.2 Å². The molecule has 0 aliphatic heterocycles. The van der Waals surface area contributed by atoms with Crippen molar-refractivity contribution in [3.63, 3.8) is 0 Å². The lowest BCUT2D eigenvalue weighted by Crippen LogP contribution is -2.47. The monoisotopic (exact) mass is 1150 g/mol. The van der Waals surface area contributed by atoms with Crippen LogP contribution < -0.4 is 0 Å². The molecule has 4 atom stereocenters. The predicted octanol–water partition coefficient (Wildman–Crippen LogP) is 7.67. The fraction of sp³-hybridized carbons (Fsp3) is 1.00. The molecule has 0 saturated carbocycles. The fourth-order valence-corrected chi connectivity index (χ4v) is 28.3. The van der Waals surface area contributed by atoms with Gasteiger partial charge in [0.1, 0.15) is 50.6 Å². The van der Waals surface area contributed by atoms with Crippen molar-refractivity contribution >= 4 is 33.3 Å². The van der Waals surface area contributed by atoms with E-state index in [1.165, 1.54) is 32.2 Å². The number of ether oxygens (including phenoxy) is 4. The van der Waals surface area contributed by atoms with Gasteiger partial charge in [-0.1, -0.05) is 0 Å². The van der Waals surface area contributed by atoms with Gasteiger partial charge in [0.2, 0.25) is 0 Å². The maximum atomic E-state index is 10.9. The predicted molar refractivity (Wildman–Crippen MR) is 325 cm³/mol. The first-order chi connectivity index (χ1) is 34.2. The molecule has 0 aromatic carbocycles. The summed E-state index contributed by atoms with van der Waals surface area (Å²) < 4.78 is 41.5. The van der Waals surface area contributed by atoms with Gasteiger partial charge < -0.3 is 70.0 Å². The number of aliphatic hydroxyl groups excluding tert-OH is 4. The zero-order valence-electron chi connectivity index (χ0n) is 53.4. The van der Waals surface area contributed by atoms with Crippen LogP contribution in [-0.2, 0) is 27.2 Å². The Hall–Kier alpha value is 0.268. The molecule has 0 radical (unpaired) electrons. The van der Waals surface area contributed by atoms with Crippen LogP contribution in [0.3, 0.4) is 0 Å². The van der Waals surface area contributed by atoms with Crippen molar-refractivity contribution in [3.8, 4) is 0 Å². The van der Waals surface area contributed by atoms with Crippen LogP contribution >= 0.6 is 0 Å². The smallest absolute Gasteiger partial charge is 0.173 e. The molecule has 0 aromatic heterocycles. The Morgan fingerprint density at radius 1 is 0.293 bits per heavy atom. The minimum absolute atomic E-state index is 0.370. The van der Waals surface area contributed by atoms with Crippen LogP contribution in [0, 0.1) is 0 Å². The van der Waals surface area contributed by atoms with Crippen LogP contribution in [-0.4, -0.2) is 290 Å². The van der Waals surface area contributed by atoms with E-state index in [9.17, 15) is 20.4 Å². The molecule has 0 bridgehead atoms. The molecule has 19 heteroatoms. The lowest BCUT2D eigenvalue weighted by Gasteiger charge is -2.34. The maximum Gasteiger partial charge on any atom is 0.173 e. The zero-order valence-corrected chi connectivity index (χ0v) is 57.4. The molecule has 75 heavy (non-hydrogen) atoms. The molecule has 0 amide bonds. The van der Waals surface area contributed by atoms with E-state index >= 15 is 0 Å². The molecule has 4 N–H and O–H groups in total. The molecule has 4 unspecified atom stereocenters. The third kappa shape index (κ3) is 47.6. The molecule has 0 saturated heterocycles. The highest BCUT2D eigenvalue weighted by molar-refractivity contribution is 6.85. The minimum Gasteiger partial charge on any atom is -0.455 e. The Morgan fingerprint density at radius 2 is 0.520 bits per heavy atom. The van der Waals surface area contributed by atoms with E-state index in [-0.39, 0.29) is 0 Å². The van der Waals surface area contributed by atoms with E-state index < -0.39 is 57.7 Å². The van der Waals surface area contributed by atoms with Crippen molar-refractivity contribution in [2.75, 3.05) is 190 Å². The third-order valence-corrected chi connectivity index (χ3v) is 29.2. The van der Waals surface area contributed by atoms with Gasteiger partial charge >= 0.3 is 0 Å². The number of nitrogens with zero attached hydrogens (tertiary/aromatic N) is 5. The summed E-state index contributed by atoms with van der Waals surface area (Å²) in [7, 11) is 18.9. The number of quaternary nitrogens is 5. The first-order valence-corrected chi connectivity index (χ1v) is 42.2. The van der Waals surface area contributed by atoms with Crippen LogP contribution in [0.2, 0.25) is 76.6 Å². The second kappa shape index (κ2) is 36.7. The fourth-order valence-electron chi connectivity index (χ4n) is 10.7. The summed E-state index contributed by atoms with van der Waals surface area (Å²) in [5.41, 5.74) is 0. The first kappa shape index (κ1) is 75.3. The lowest BCUT2D eigenvalue weighted by molar-refractivity contribution is -0.894. The minimum atomic E-state index is -1.86. The van der Waals surface area contributed by atoms with Gasteiger partial charge in [0, 0.05) is 26.4 Å². The molecule has 0 aliphatic carbocycles. The van der Waals surface area contributed by atoms with Crippen LogP contribution in [0.5, 0.6) is 0 Å². The first-order valence-electron chi connectivity index (χ1n) is 29.7. The van der Waals surface area contributed by atoms with Gasteiger partial charge in [-0.3, -0.25) is 0 Å². The third-order valence-electron chi connectivity index (χ3n) is 14.1. The Balaban J connectivity index is 4.20. The van der Waals surface area contributed by atoms with Gasteiger partial charge in [-0.2, -0.15) is 0 Å². The number of hydrogen-bond acceptors (Lipinski definition) is 10. The van der Waals surface area contributed by atoms with Crippen molar-refractivity contribution < 1.29 is 70.0 Å². The topological polar surface area (TPSA) is 136 Å². The molecule has 0 aliphatic rings. The summed E-state index contributed by atoms with van der Waals surface area (Å²) in [5.74, 6) is 0. The van der Waals surface area contributed by atoms with E-state index in [1.54, 1.807) is 0 Å². The quantitative estimate of drug-likeness (QED) is 0.0273. The highest BCUT2D eigenvalue weighted by Gasteiger charge is 2.34. The van der Waals surface area contributed by atoms with Crippen molar-refractivity contribution in [3.05, 3.63) is 0 Å². The Bertz CT molecular complexity index is 1440. The zero-order chi connectivity index (χ0) is 57.7. The van der Waals surface area contributed by atoms with Gasteiger partial charge in [-0.25, -0.2) is 0 Å². The van der Waals surface area contributed by atoms with Crippen molar-refractivity contribution in [1.29, 1.82) is 0 Å². The van der Waals surface area contributed by atoms with E-state index in [1.807, 2.05) is 0 Å². The van der Waals surface area contributed by atoms with Crippen LogP contribution in [0.25, 0.3) is 0 Å². The maximum absolute atomic E-state index is 10.9. The molecular formula is C56H132N5O10Si4+5. The summed E-state index contributed by atoms with van der Waals surface area (Å²) in [4.78, 5) is 0. The highest BCUT2D eigenvalue weighted by atomic mass is 28.4. The molecule has 0 heterocycles. The Kier molecular flexibility index (Phi) is 36.8. The van der Waals surface area contributed by atoms with E-state index in [2.05, 4.69) is 137 Å². The summed E-state index contributed by atoms with van der Waals surface area (Å²) >= 11 is 0. The molecule has 15 nitrogen and oxygen atoms in total. The van der Waals surface area contributed by atoms with Crippen molar-refractivity contribution in [2.24, 2.45) is 0 Å². The summed E-state index contributed by atoms with van der Waals surface area (Å²) in [6.45, 7) is 29.8. The molecule has 0 spiro atoms. The molecule has 452 valence electrons. The number of unbranched alkanes of at least 4 members (excludes halogenated alkanes) is 6. The average molecular weight is 1150 g/mol. The van der Waals surface area contributed by atoms with Crippen LogP contribution in [0.15, 0.2) is 0 Å². The number of likely N-dealkylation sites (N-methyl/N-ethyl adjacent to an activating group) is 4. The standard InChI is InChI=1S/C56H132N5O10Si4/c1-57(2,3)33-25-21-22-26-34-59(7,8)46-54(63)50-67-38-31-43-74(17,18)71-75(19,20)44-32-40-69-52-56(65)48-61(11,12)36-28-24-23-27-35-60(9,10)47-55(64)51-68-39-30-42-73(15,16)70-72(13,14)41-29-37-66-49-53(62)45-58(4,5)6/h53-56,62-65H,21-52H2,1-20H3/q+5. The number of rotatable bonds is 50. The Labute approximate surface area is 469 Å². The van der Waals surface area contributed by atoms with Gasteiger partial charge in [0.15, 0.2) is 33.3 Å². The molecular weight excluding hydrogens is 1010 g/mol. The second-order valence-electron chi connectivity index (χ2n) is 29.4. The largest absolute Gasteiger partial charge is 0.455 e. The highest BCUT2D eigenvalue weighted by Crippen LogP contribution is 2.26. The Morgan fingerprint density at radius 3 is 0.747 bits per heavy atom. The van der Waals surface area contributed by atoms with Gasteiger partial charge in [-0.05, 0) is 154 Å². The number of aliphatic hydroxyl groups is 4. The normalized spacial score (nSPS) is 15.7. The number of hydrogen-bond donors (Lipinski definition) is 4. The molecule has 0 rings (SSSR count). The van der Waals surface area contributed by atoms with E-state index in [0.29, 0.717) is 72.5 Å². The van der Waals surface area contributed by atoms with Gasteiger partial charge in [-0.15, -0.1) is 0 Å². The average Bonchev–Trinajstić information content (AvgIpc) is 3.20.